The molecular formula is C18H25N3O3S. The summed E-state index contributed by atoms with van der Waals surface area (Å²) in [5.74, 6) is 1.20. The van der Waals surface area contributed by atoms with Gasteiger partial charge in [-0.15, -0.1) is 0 Å². The maximum absolute atomic E-state index is 12.6. The van der Waals surface area contributed by atoms with Crippen LogP contribution < -0.4 is 10.1 Å². The molecule has 2 saturated heterocycles. The number of morpholine rings is 1. The van der Waals surface area contributed by atoms with Crippen molar-refractivity contribution in [1.29, 1.82) is 0 Å². The number of nitrogens with one attached hydrogen (secondary N) is 1. The Hall–Kier alpha value is -1.86. The Bertz CT molecular complexity index is 594. The second kappa shape index (κ2) is 8.49. The molecule has 0 aromatic heterocycles. The molecule has 136 valence electrons. The molecule has 2 aliphatic heterocycles. The average Bonchev–Trinajstić information content (AvgIpc) is 2.69. The van der Waals surface area contributed by atoms with Gasteiger partial charge >= 0.3 is 0 Å². The highest BCUT2D eigenvalue weighted by Crippen LogP contribution is 2.22. The summed E-state index contributed by atoms with van der Waals surface area (Å²) in [6, 6.07) is 7.69. The summed E-state index contributed by atoms with van der Waals surface area (Å²) in [6.45, 7) is 4.36. The van der Waals surface area contributed by atoms with E-state index in [2.05, 4.69) is 10.2 Å². The van der Waals surface area contributed by atoms with E-state index in [1.54, 1.807) is 7.11 Å². The van der Waals surface area contributed by atoms with Crippen molar-refractivity contribution in [2.24, 2.45) is 5.92 Å². The van der Waals surface area contributed by atoms with Gasteiger partial charge in [0, 0.05) is 37.8 Å². The zero-order chi connectivity index (χ0) is 17.6. The lowest BCUT2D eigenvalue weighted by Gasteiger charge is -2.36. The molecule has 1 amide bonds. The van der Waals surface area contributed by atoms with Gasteiger partial charge in [0.2, 0.25) is 5.91 Å². The number of benzene rings is 1. The second-order valence-corrected chi connectivity index (χ2v) is 6.74. The molecule has 0 bridgehead atoms. The molecule has 6 nitrogen and oxygen atoms in total. The minimum atomic E-state index is 0.109. The smallest absolute Gasteiger partial charge is 0.225 e. The molecule has 2 aliphatic rings. The van der Waals surface area contributed by atoms with Gasteiger partial charge in [0.1, 0.15) is 5.75 Å². The van der Waals surface area contributed by atoms with E-state index in [0.29, 0.717) is 18.3 Å². The standard InChI is InChI=1S/C18H25N3O3S/c1-23-16-4-2-15(3-5-16)19-18(25)21-8-6-14(7-9-21)17(22)20-10-12-24-13-11-20/h2-5,14H,6-13H2,1H3,(H,19,25). The molecule has 7 heteroatoms. The zero-order valence-corrected chi connectivity index (χ0v) is 15.4. The number of piperidine rings is 1. The van der Waals surface area contributed by atoms with Gasteiger partial charge in [-0.05, 0) is 49.3 Å². The van der Waals surface area contributed by atoms with Gasteiger partial charge in [-0.3, -0.25) is 4.79 Å². The van der Waals surface area contributed by atoms with Gasteiger partial charge < -0.3 is 24.6 Å². The van der Waals surface area contributed by atoms with Gasteiger partial charge in [-0.1, -0.05) is 0 Å². The Morgan fingerprint density at radius 1 is 1.12 bits per heavy atom. The van der Waals surface area contributed by atoms with Crippen LogP contribution in [-0.2, 0) is 9.53 Å². The predicted octanol–water partition coefficient (Wildman–Crippen LogP) is 1.96. The topological polar surface area (TPSA) is 54.0 Å². The number of hydrogen-bond donors (Lipinski definition) is 1. The first-order valence-corrected chi connectivity index (χ1v) is 9.14. The fourth-order valence-electron chi connectivity index (χ4n) is 3.25. The van der Waals surface area contributed by atoms with Gasteiger partial charge in [0.15, 0.2) is 5.11 Å². The van der Waals surface area contributed by atoms with E-state index < -0.39 is 0 Å². The van der Waals surface area contributed by atoms with Crippen LogP contribution in [0.4, 0.5) is 5.69 Å². The predicted molar refractivity (Wildman–Crippen MR) is 101 cm³/mol. The maximum atomic E-state index is 12.6. The monoisotopic (exact) mass is 363 g/mol. The normalized spacial score (nSPS) is 18.8. The molecular weight excluding hydrogens is 338 g/mol. The van der Waals surface area contributed by atoms with Gasteiger partial charge in [0.25, 0.3) is 0 Å². The first-order valence-electron chi connectivity index (χ1n) is 8.74. The quantitative estimate of drug-likeness (QED) is 0.829. The Balaban J connectivity index is 1.47. The number of rotatable bonds is 3. The second-order valence-electron chi connectivity index (χ2n) is 6.36. The minimum absolute atomic E-state index is 0.109. The number of carbonyl (C=O) groups is 1. The number of likely N-dealkylation sites (tertiary alicyclic amines) is 1. The molecule has 1 N–H and O–H groups in total. The summed E-state index contributed by atoms with van der Waals surface area (Å²) >= 11 is 5.52. The lowest BCUT2D eigenvalue weighted by molar-refractivity contribution is -0.140. The number of thiocarbonyl (C=S) groups is 1. The van der Waals surface area contributed by atoms with Crippen molar-refractivity contribution in [3.8, 4) is 5.75 Å². The van der Waals surface area contributed by atoms with E-state index in [0.717, 1.165) is 50.5 Å². The summed E-state index contributed by atoms with van der Waals surface area (Å²) < 4.78 is 10.5. The van der Waals surface area contributed by atoms with Crippen LogP contribution in [0.15, 0.2) is 24.3 Å². The molecule has 2 fully saturated rings. The van der Waals surface area contributed by atoms with Gasteiger partial charge in [0.05, 0.1) is 20.3 Å². The molecule has 0 atom stereocenters. The number of carbonyl (C=O) groups excluding carboxylic acids is 1. The van der Waals surface area contributed by atoms with E-state index >= 15 is 0 Å². The lowest BCUT2D eigenvalue weighted by atomic mass is 9.95. The van der Waals surface area contributed by atoms with Crippen LogP contribution in [0, 0.1) is 5.92 Å². The Morgan fingerprint density at radius 2 is 1.76 bits per heavy atom. The third-order valence-electron chi connectivity index (χ3n) is 4.80. The van der Waals surface area contributed by atoms with Gasteiger partial charge in [-0.25, -0.2) is 0 Å². The molecule has 0 unspecified atom stereocenters. The molecule has 1 aromatic carbocycles. The van der Waals surface area contributed by atoms with Crippen LogP contribution in [0.3, 0.4) is 0 Å². The van der Waals surface area contributed by atoms with Crippen LogP contribution in [-0.4, -0.2) is 67.3 Å². The highest BCUT2D eigenvalue weighted by Gasteiger charge is 2.30. The van der Waals surface area contributed by atoms with Crippen LogP contribution in [0.1, 0.15) is 12.8 Å². The van der Waals surface area contributed by atoms with Crippen LogP contribution >= 0.6 is 12.2 Å². The highest BCUT2D eigenvalue weighted by molar-refractivity contribution is 7.80. The van der Waals surface area contributed by atoms with E-state index in [-0.39, 0.29) is 11.8 Å². The van der Waals surface area contributed by atoms with Crippen molar-refractivity contribution in [3.63, 3.8) is 0 Å². The maximum Gasteiger partial charge on any atom is 0.225 e. The molecule has 0 radical (unpaired) electrons. The van der Waals surface area contributed by atoms with Crippen LogP contribution in [0.25, 0.3) is 0 Å². The first-order chi connectivity index (χ1) is 12.2. The summed E-state index contributed by atoms with van der Waals surface area (Å²) in [5.41, 5.74) is 0.942. The molecule has 25 heavy (non-hydrogen) atoms. The molecule has 0 spiro atoms. The summed E-state index contributed by atoms with van der Waals surface area (Å²) in [5, 5.41) is 3.97. The average molecular weight is 363 g/mol. The van der Waals surface area contributed by atoms with E-state index in [9.17, 15) is 4.79 Å². The third-order valence-corrected chi connectivity index (χ3v) is 5.16. The molecule has 2 heterocycles. The fourth-order valence-corrected chi connectivity index (χ4v) is 3.55. The molecule has 0 aliphatic carbocycles. The van der Waals surface area contributed by atoms with Gasteiger partial charge in [-0.2, -0.15) is 0 Å². The van der Waals surface area contributed by atoms with E-state index in [1.807, 2.05) is 29.2 Å². The summed E-state index contributed by atoms with van der Waals surface area (Å²) in [6.07, 6.45) is 1.70. The Kier molecular flexibility index (Phi) is 6.09. The minimum Gasteiger partial charge on any atom is -0.497 e. The largest absolute Gasteiger partial charge is 0.497 e. The summed E-state index contributed by atoms with van der Waals surface area (Å²) in [4.78, 5) is 16.7. The van der Waals surface area contributed by atoms with Crippen molar-refractivity contribution >= 4 is 28.9 Å². The fraction of sp³-hybridized carbons (Fsp3) is 0.556. The third kappa shape index (κ3) is 4.61. The zero-order valence-electron chi connectivity index (χ0n) is 14.6. The molecule has 1 aromatic rings. The van der Waals surface area contributed by atoms with E-state index in [4.69, 9.17) is 21.7 Å². The number of amides is 1. The first kappa shape index (κ1) is 17.9. The Morgan fingerprint density at radius 3 is 2.36 bits per heavy atom. The number of nitrogens with zero attached hydrogens (tertiary/aromatic N) is 2. The van der Waals surface area contributed by atoms with Crippen LogP contribution in [0.5, 0.6) is 5.75 Å². The highest BCUT2D eigenvalue weighted by atomic mass is 32.1. The molecule has 0 saturated carbocycles. The molecule has 3 rings (SSSR count). The number of methoxy groups -OCH3 is 1. The SMILES string of the molecule is COc1ccc(NC(=S)N2CCC(C(=O)N3CCOCC3)CC2)cc1. The number of anilines is 1. The van der Waals surface area contributed by atoms with Crippen molar-refractivity contribution in [2.45, 2.75) is 12.8 Å². The van der Waals surface area contributed by atoms with Crippen molar-refractivity contribution in [2.75, 3.05) is 51.8 Å². The summed E-state index contributed by atoms with van der Waals surface area (Å²) in [7, 11) is 1.65. The lowest BCUT2D eigenvalue weighted by Crippen LogP contribution is -2.48. The van der Waals surface area contributed by atoms with Crippen molar-refractivity contribution in [3.05, 3.63) is 24.3 Å². The number of ether oxygens (including phenoxy) is 2. The van der Waals surface area contributed by atoms with E-state index in [1.165, 1.54) is 0 Å². The van der Waals surface area contributed by atoms with Crippen LogP contribution in [0.2, 0.25) is 0 Å². The number of hydrogen-bond acceptors (Lipinski definition) is 4. The van der Waals surface area contributed by atoms with Crippen molar-refractivity contribution < 1.29 is 14.3 Å². The van der Waals surface area contributed by atoms with Crippen molar-refractivity contribution in [1.82, 2.24) is 9.80 Å². The Labute approximate surface area is 154 Å².